The second-order valence-corrected chi connectivity index (χ2v) is 20.7. The van der Waals surface area contributed by atoms with Gasteiger partial charge in [0.15, 0.2) is 0 Å². The van der Waals surface area contributed by atoms with Crippen molar-refractivity contribution < 1.29 is 24.5 Å². The lowest BCUT2D eigenvalue weighted by molar-refractivity contribution is -0.143. The van der Waals surface area contributed by atoms with E-state index in [9.17, 15) is 19.8 Å². The molecule has 2 atom stereocenters. The van der Waals surface area contributed by atoms with Crippen molar-refractivity contribution in [2.45, 2.75) is 341 Å². The number of nitrogens with one attached hydrogen (secondary N) is 1. The second-order valence-electron chi connectivity index (χ2n) is 20.7. The van der Waals surface area contributed by atoms with Gasteiger partial charge in [-0.1, -0.05) is 282 Å². The van der Waals surface area contributed by atoms with Gasteiger partial charge in [0, 0.05) is 12.8 Å². The zero-order chi connectivity index (χ0) is 48.6. The minimum Gasteiger partial charge on any atom is -0.466 e. The zero-order valence-electron chi connectivity index (χ0n) is 45.1. The van der Waals surface area contributed by atoms with Gasteiger partial charge in [0.25, 0.3) is 0 Å². The van der Waals surface area contributed by atoms with Crippen LogP contribution in [0.15, 0.2) is 24.3 Å². The number of ether oxygens (including phenoxy) is 1. The molecule has 0 aromatic carbocycles. The van der Waals surface area contributed by atoms with Crippen molar-refractivity contribution in [3.05, 3.63) is 24.3 Å². The highest BCUT2D eigenvalue weighted by Crippen LogP contribution is 2.17. The van der Waals surface area contributed by atoms with Crippen LogP contribution in [0.25, 0.3) is 0 Å². The lowest BCUT2D eigenvalue weighted by atomic mass is 10.0. The van der Waals surface area contributed by atoms with E-state index < -0.39 is 12.1 Å². The second kappa shape index (κ2) is 56.9. The maximum atomic E-state index is 12.4. The number of esters is 1. The van der Waals surface area contributed by atoms with Gasteiger partial charge in [-0.3, -0.25) is 9.59 Å². The molecule has 6 nitrogen and oxygen atoms in total. The molecule has 0 bridgehead atoms. The highest BCUT2D eigenvalue weighted by atomic mass is 16.5. The lowest BCUT2D eigenvalue weighted by Gasteiger charge is -2.20. The summed E-state index contributed by atoms with van der Waals surface area (Å²) in [6, 6.07) is -0.633. The third-order valence-corrected chi connectivity index (χ3v) is 14.0. The number of hydrogen-bond donors (Lipinski definition) is 3. The molecule has 0 heterocycles. The van der Waals surface area contributed by atoms with Crippen molar-refractivity contribution in [2.75, 3.05) is 13.2 Å². The summed E-state index contributed by atoms with van der Waals surface area (Å²) < 4.78 is 5.49. The molecule has 0 aliphatic rings. The van der Waals surface area contributed by atoms with Gasteiger partial charge in [0.2, 0.25) is 5.91 Å². The summed E-state index contributed by atoms with van der Waals surface area (Å²) in [6.45, 7) is 4.90. The molecule has 0 saturated carbocycles. The van der Waals surface area contributed by atoms with Gasteiger partial charge in [-0.15, -0.1) is 0 Å². The predicted molar refractivity (Wildman–Crippen MR) is 292 cm³/mol. The Kier molecular flexibility index (Phi) is 55.5. The van der Waals surface area contributed by atoms with E-state index in [1.807, 2.05) is 6.08 Å². The highest BCUT2D eigenvalue weighted by molar-refractivity contribution is 5.76. The summed E-state index contributed by atoms with van der Waals surface area (Å²) in [5, 5.41) is 23.0. The third kappa shape index (κ3) is 53.5. The van der Waals surface area contributed by atoms with Gasteiger partial charge in [0.05, 0.1) is 25.4 Å². The van der Waals surface area contributed by atoms with Gasteiger partial charge in [0.1, 0.15) is 0 Å². The molecule has 0 saturated heterocycles. The van der Waals surface area contributed by atoms with Crippen LogP contribution in [0, 0.1) is 0 Å². The molecule has 6 heteroatoms. The van der Waals surface area contributed by atoms with Crippen molar-refractivity contribution in [2.24, 2.45) is 0 Å². The Bertz CT molecular complexity index is 1040. The molecule has 0 aliphatic heterocycles. The molecule has 0 aromatic rings. The molecule has 67 heavy (non-hydrogen) atoms. The van der Waals surface area contributed by atoms with Crippen molar-refractivity contribution in [1.29, 1.82) is 0 Å². The standard InChI is InChI=1S/C61H117NO5/c1-3-5-7-9-11-13-15-17-18-19-21-25-28-31-35-39-43-47-51-55-61(66)67-56-52-48-44-40-36-32-29-26-23-20-22-24-27-30-34-38-42-46-50-54-60(65)62-58(57-63)59(64)53-49-45-41-37-33-16-14-12-10-8-6-4-2/h20,22,49,53,58-59,63-64H,3-19,21,23-48,50-52,54-57H2,1-2H3,(H,62,65)/b22-20-,53-49+. The normalized spacial score (nSPS) is 12.7. The fourth-order valence-electron chi connectivity index (χ4n) is 9.34. The average molecular weight is 945 g/mol. The first-order chi connectivity index (χ1) is 33.0. The van der Waals surface area contributed by atoms with Gasteiger partial charge in [-0.2, -0.15) is 0 Å². The van der Waals surface area contributed by atoms with Crippen molar-refractivity contribution in [1.82, 2.24) is 5.32 Å². The Morgan fingerprint density at radius 2 is 0.701 bits per heavy atom. The van der Waals surface area contributed by atoms with Crippen LogP contribution in [0.4, 0.5) is 0 Å². The highest BCUT2D eigenvalue weighted by Gasteiger charge is 2.18. The number of carbonyl (C=O) groups excluding carboxylic acids is 2. The zero-order valence-corrected chi connectivity index (χ0v) is 45.1. The summed E-state index contributed by atoms with van der Waals surface area (Å²) in [5.41, 5.74) is 0. The first-order valence-corrected chi connectivity index (χ1v) is 30.1. The first-order valence-electron chi connectivity index (χ1n) is 30.1. The Morgan fingerprint density at radius 1 is 0.403 bits per heavy atom. The van der Waals surface area contributed by atoms with Gasteiger partial charge >= 0.3 is 5.97 Å². The van der Waals surface area contributed by atoms with Crippen LogP contribution in [0.1, 0.15) is 328 Å². The minimum absolute atomic E-state index is 0.00804. The summed E-state index contributed by atoms with van der Waals surface area (Å²) in [5.74, 6) is -0.0695. The molecule has 0 radical (unpaired) electrons. The minimum atomic E-state index is -0.849. The molecule has 2 unspecified atom stereocenters. The van der Waals surface area contributed by atoms with Crippen LogP contribution < -0.4 is 5.32 Å². The van der Waals surface area contributed by atoms with E-state index >= 15 is 0 Å². The Labute approximate surface area is 418 Å². The molecular weight excluding hydrogens is 827 g/mol. The molecule has 3 N–H and O–H groups in total. The number of aliphatic hydroxyl groups is 2. The fourth-order valence-corrected chi connectivity index (χ4v) is 9.34. The molecular formula is C61H117NO5. The SMILES string of the molecule is CCCCCCCCCCCC/C=C/C(O)C(CO)NC(=O)CCCCCCCCC/C=C\CCCCCCCCCCOC(=O)CCCCCCCCCCCCCCCCCCCCC. The monoisotopic (exact) mass is 944 g/mol. The first kappa shape index (κ1) is 65.3. The number of carbonyl (C=O) groups is 2. The van der Waals surface area contributed by atoms with Crippen molar-refractivity contribution in [3.63, 3.8) is 0 Å². The van der Waals surface area contributed by atoms with Crippen LogP contribution in [0.2, 0.25) is 0 Å². The van der Waals surface area contributed by atoms with E-state index in [1.54, 1.807) is 6.08 Å². The van der Waals surface area contributed by atoms with E-state index in [4.69, 9.17) is 4.74 Å². The van der Waals surface area contributed by atoms with E-state index in [0.29, 0.717) is 19.4 Å². The van der Waals surface area contributed by atoms with Crippen LogP contribution in [-0.4, -0.2) is 47.4 Å². The van der Waals surface area contributed by atoms with Gasteiger partial charge < -0.3 is 20.3 Å². The lowest BCUT2D eigenvalue weighted by Crippen LogP contribution is -2.45. The maximum Gasteiger partial charge on any atom is 0.305 e. The molecule has 396 valence electrons. The number of rotatable bonds is 56. The molecule has 0 fully saturated rings. The van der Waals surface area contributed by atoms with Gasteiger partial charge in [-0.05, 0) is 57.8 Å². The van der Waals surface area contributed by atoms with Crippen LogP contribution >= 0.6 is 0 Å². The molecule has 0 aromatic heterocycles. The number of aliphatic hydroxyl groups excluding tert-OH is 2. The van der Waals surface area contributed by atoms with E-state index in [2.05, 4.69) is 31.3 Å². The van der Waals surface area contributed by atoms with E-state index in [0.717, 1.165) is 44.9 Å². The Hall–Kier alpha value is -1.66. The van der Waals surface area contributed by atoms with Gasteiger partial charge in [-0.25, -0.2) is 0 Å². The van der Waals surface area contributed by atoms with E-state index in [1.165, 1.54) is 257 Å². The van der Waals surface area contributed by atoms with Crippen LogP contribution in [0.5, 0.6) is 0 Å². The van der Waals surface area contributed by atoms with Crippen LogP contribution in [0.3, 0.4) is 0 Å². The number of allylic oxidation sites excluding steroid dienone is 3. The number of amides is 1. The smallest absolute Gasteiger partial charge is 0.305 e. The fraction of sp³-hybridized carbons (Fsp3) is 0.902. The molecule has 0 rings (SSSR count). The van der Waals surface area contributed by atoms with Crippen LogP contribution in [-0.2, 0) is 14.3 Å². The quantitative estimate of drug-likeness (QED) is 0.0321. The average Bonchev–Trinajstić information content (AvgIpc) is 3.33. The topological polar surface area (TPSA) is 95.9 Å². The summed E-state index contributed by atoms with van der Waals surface area (Å²) in [7, 11) is 0. The van der Waals surface area contributed by atoms with Crippen molar-refractivity contribution in [3.8, 4) is 0 Å². The van der Waals surface area contributed by atoms with Crippen molar-refractivity contribution >= 4 is 11.9 Å². The Balaban J connectivity index is 3.41. The third-order valence-electron chi connectivity index (χ3n) is 14.0. The molecule has 1 amide bonds. The Morgan fingerprint density at radius 3 is 1.06 bits per heavy atom. The largest absolute Gasteiger partial charge is 0.466 e. The number of unbranched alkanes of at least 4 members (excludes halogenated alkanes) is 43. The molecule has 0 aliphatic carbocycles. The summed E-state index contributed by atoms with van der Waals surface area (Å²) in [6.07, 6.45) is 69.3. The van der Waals surface area contributed by atoms with E-state index in [-0.39, 0.29) is 18.5 Å². The maximum absolute atomic E-state index is 12.4. The summed E-state index contributed by atoms with van der Waals surface area (Å²) >= 11 is 0. The summed E-state index contributed by atoms with van der Waals surface area (Å²) in [4.78, 5) is 24.5. The number of hydrogen-bond acceptors (Lipinski definition) is 5. The predicted octanol–water partition coefficient (Wildman–Crippen LogP) is 18.6. The molecule has 0 spiro atoms.